The van der Waals surface area contributed by atoms with Crippen molar-refractivity contribution in [3.8, 4) is 0 Å². The van der Waals surface area contributed by atoms with Crippen LogP contribution >= 0.6 is 0 Å². The molecule has 2 unspecified atom stereocenters. The first kappa shape index (κ1) is 15.5. The fraction of sp³-hybridized carbons (Fsp3) is 0.750. The molecule has 4 heteroatoms. The van der Waals surface area contributed by atoms with E-state index in [-0.39, 0.29) is 0 Å². The highest BCUT2D eigenvalue weighted by molar-refractivity contribution is 5.17. The molecule has 20 heavy (non-hydrogen) atoms. The molecule has 2 rings (SSSR count). The summed E-state index contributed by atoms with van der Waals surface area (Å²) in [6.07, 6.45) is 3.49. The monoisotopic (exact) mass is 281 g/mol. The van der Waals surface area contributed by atoms with Gasteiger partial charge in [-0.2, -0.15) is 0 Å². The third-order valence-corrected chi connectivity index (χ3v) is 3.78. The summed E-state index contributed by atoms with van der Waals surface area (Å²) < 4.78 is 16.2. The summed E-state index contributed by atoms with van der Waals surface area (Å²) in [5, 5.41) is 3.41. The van der Waals surface area contributed by atoms with Crippen LogP contribution in [0.2, 0.25) is 0 Å². The number of unbranched alkanes of at least 4 members (excludes halogenated alkanes) is 1. The van der Waals surface area contributed by atoms with Gasteiger partial charge in [-0.1, -0.05) is 6.92 Å². The molecule has 1 aromatic rings. The fourth-order valence-corrected chi connectivity index (χ4v) is 2.32. The molecule has 1 aliphatic rings. The van der Waals surface area contributed by atoms with Crippen LogP contribution in [0.25, 0.3) is 0 Å². The Morgan fingerprint density at radius 1 is 1.25 bits per heavy atom. The second-order valence-corrected chi connectivity index (χ2v) is 5.61. The van der Waals surface area contributed by atoms with Crippen LogP contribution < -0.4 is 5.32 Å². The van der Waals surface area contributed by atoms with Gasteiger partial charge < -0.3 is 19.2 Å². The van der Waals surface area contributed by atoms with Crippen LogP contribution in [0.1, 0.15) is 43.6 Å². The van der Waals surface area contributed by atoms with Gasteiger partial charge in [0.05, 0.1) is 19.8 Å². The Labute approximate surface area is 121 Å². The van der Waals surface area contributed by atoms with E-state index in [2.05, 4.69) is 24.4 Å². The lowest BCUT2D eigenvalue weighted by Crippen LogP contribution is -2.15. The Kier molecular flexibility index (Phi) is 6.57. The number of hydrogen-bond donors (Lipinski definition) is 1. The third kappa shape index (κ3) is 5.27. The van der Waals surface area contributed by atoms with E-state index in [9.17, 15) is 0 Å². The second-order valence-electron chi connectivity index (χ2n) is 5.61. The average Bonchev–Trinajstić information content (AvgIpc) is 3.00. The van der Waals surface area contributed by atoms with Crippen LogP contribution in [0.5, 0.6) is 0 Å². The van der Waals surface area contributed by atoms with Crippen LogP contribution in [0.15, 0.2) is 16.5 Å². The minimum atomic E-state index is 0.674. The van der Waals surface area contributed by atoms with Gasteiger partial charge in [-0.05, 0) is 43.9 Å². The number of ether oxygens (including phenoxy) is 2. The van der Waals surface area contributed by atoms with Crippen LogP contribution in [0.3, 0.4) is 0 Å². The van der Waals surface area contributed by atoms with E-state index < -0.39 is 0 Å². The molecule has 0 saturated heterocycles. The minimum Gasteiger partial charge on any atom is -0.464 e. The lowest BCUT2D eigenvalue weighted by atomic mass is 10.3. The van der Waals surface area contributed by atoms with E-state index in [0.29, 0.717) is 19.1 Å². The van der Waals surface area contributed by atoms with Crippen molar-refractivity contribution < 1.29 is 13.9 Å². The minimum absolute atomic E-state index is 0.674. The summed E-state index contributed by atoms with van der Waals surface area (Å²) >= 11 is 0. The Morgan fingerprint density at radius 3 is 2.85 bits per heavy atom. The summed E-state index contributed by atoms with van der Waals surface area (Å²) in [4.78, 5) is 0. The van der Waals surface area contributed by atoms with E-state index in [4.69, 9.17) is 13.9 Å². The summed E-state index contributed by atoms with van der Waals surface area (Å²) in [7, 11) is 1.69. The molecule has 1 saturated carbocycles. The molecule has 1 N–H and O–H groups in total. The molecule has 0 radical (unpaired) electrons. The molecule has 0 aromatic carbocycles. The SMILES string of the molecule is COCCOCCCCNCc1ccc(C2CC2C)o1. The van der Waals surface area contributed by atoms with E-state index in [1.54, 1.807) is 7.11 Å². The van der Waals surface area contributed by atoms with Gasteiger partial charge >= 0.3 is 0 Å². The molecule has 1 aromatic heterocycles. The van der Waals surface area contributed by atoms with E-state index in [1.165, 1.54) is 12.2 Å². The molecule has 1 fully saturated rings. The summed E-state index contributed by atoms with van der Waals surface area (Å²) in [6.45, 7) is 6.29. The molecule has 0 amide bonds. The molecule has 0 bridgehead atoms. The van der Waals surface area contributed by atoms with E-state index in [0.717, 1.165) is 44.2 Å². The quantitative estimate of drug-likeness (QED) is 0.633. The highest BCUT2D eigenvalue weighted by Gasteiger charge is 2.36. The summed E-state index contributed by atoms with van der Waals surface area (Å²) in [5.74, 6) is 3.70. The first-order valence-electron chi connectivity index (χ1n) is 7.67. The number of nitrogens with one attached hydrogen (secondary N) is 1. The van der Waals surface area contributed by atoms with Crippen molar-refractivity contribution in [1.82, 2.24) is 5.32 Å². The average molecular weight is 281 g/mol. The lowest BCUT2D eigenvalue weighted by Gasteiger charge is -2.04. The van der Waals surface area contributed by atoms with Crippen LogP contribution in [0, 0.1) is 5.92 Å². The predicted molar refractivity (Wildman–Crippen MR) is 78.9 cm³/mol. The van der Waals surface area contributed by atoms with Crippen molar-refractivity contribution in [3.05, 3.63) is 23.7 Å². The molecule has 1 aliphatic carbocycles. The van der Waals surface area contributed by atoms with Gasteiger partial charge in [0, 0.05) is 19.6 Å². The van der Waals surface area contributed by atoms with Gasteiger partial charge in [-0.3, -0.25) is 0 Å². The van der Waals surface area contributed by atoms with Gasteiger partial charge in [0.25, 0.3) is 0 Å². The van der Waals surface area contributed by atoms with Crippen LogP contribution in [-0.4, -0.2) is 33.5 Å². The van der Waals surface area contributed by atoms with Gasteiger partial charge in [0.1, 0.15) is 11.5 Å². The van der Waals surface area contributed by atoms with Crippen molar-refractivity contribution >= 4 is 0 Å². The van der Waals surface area contributed by atoms with Gasteiger partial charge in [0.2, 0.25) is 0 Å². The molecule has 0 spiro atoms. The molecule has 114 valence electrons. The Morgan fingerprint density at radius 2 is 2.10 bits per heavy atom. The molecule has 1 heterocycles. The zero-order valence-corrected chi connectivity index (χ0v) is 12.7. The highest BCUT2D eigenvalue weighted by Crippen LogP contribution is 2.47. The van der Waals surface area contributed by atoms with Gasteiger partial charge in [-0.25, -0.2) is 0 Å². The Bertz CT molecular complexity index is 378. The highest BCUT2D eigenvalue weighted by atomic mass is 16.5. The predicted octanol–water partition coefficient (Wildman–Crippen LogP) is 2.94. The summed E-state index contributed by atoms with van der Waals surface area (Å²) in [6, 6.07) is 4.23. The molecule has 0 aliphatic heterocycles. The van der Waals surface area contributed by atoms with Crippen molar-refractivity contribution in [1.29, 1.82) is 0 Å². The third-order valence-electron chi connectivity index (χ3n) is 3.78. The van der Waals surface area contributed by atoms with Crippen molar-refractivity contribution in [2.24, 2.45) is 5.92 Å². The first-order valence-corrected chi connectivity index (χ1v) is 7.67. The van der Waals surface area contributed by atoms with Crippen molar-refractivity contribution in [2.45, 2.75) is 38.6 Å². The lowest BCUT2D eigenvalue weighted by molar-refractivity contribution is 0.0688. The molecular weight excluding hydrogens is 254 g/mol. The standard InChI is InChI=1S/C16H27NO3/c1-13-11-15(13)16-6-5-14(20-16)12-17-7-3-4-8-19-10-9-18-2/h5-6,13,15,17H,3-4,7-12H2,1-2H3. The summed E-state index contributed by atoms with van der Waals surface area (Å²) in [5.41, 5.74) is 0. The number of methoxy groups -OCH3 is 1. The number of rotatable bonds is 11. The molecular formula is C16H27NO3. The molecule has 4 nitrogen and oxygen atoms in total. The van der Waals surface area contributed by atoms with Crippen molar-refractivity contribution in [2.75, 3.05) is 33.5 Å². The normalized spacial score (nSPS) is 21.3. The molecule has 2 atom stereocenters. The Balaban J connectivity index is 1.46. The maximum Gasteiger partial charge on any atom is 0.117 e. The zero-order valence-electron chi connectivity index (χ0n) is 12.7. The van der Waals surface area contributed by atoms with Crippen LogP contribution in [0.4, 0.5) is 0 Å². The van der Waals surface area contributed by atoms with E-state index >= 15 is 0 Å². The zero-order chi connectivity index (χ0) is 14.2. The second kappa shape index (κ2) is 8.45. The maximum atomic E-state index is 5.85. The Hall–Kier alpha value is -0.840. The first-order chi connectivity index (χ1) is 9.81. The smallest absolute Gasteiger partial charge is 0.117 e. The number of hydrogen-bond acceptors (Lipinski definition) is 4. The van der Waals surface area contributed by atoms with Crippen LogP contribution in [-0.2, 0) is 16.0 Å². The fourth-order valence-electron chi connectivity index (χ4n) is 2.32. The van der Waals surface area contributed by atoms with Gasteiger partial charge in [-0.15, -0.1) is 0 Å². The van der Waals surface area contributed by atoms with Gasteiger partial charge in [0.15, 0.2) is 0 Å². The van der Waals surface area contributed by atoms with E-state index in [1.807, 2.05) is 0 Å². The van der Waals surface area contributed by atoms with Crippen molar-refractivity contribution in [3.63, 3.8) is 0 Å². The topological polar surface area (TPSA) is 43.6 Å². The maximum absolute atomic E-state index is 5.85. The number of furan rings is 1. The largest absolute Gasteiger partial charge is 0.464 e.